The predicted molar refractivity (Wildman–Crippen MR) is 572 cm³/mol. The van der Waals surface area contributed by atoms with Gasteiger partial charge in [0.05, 0.1) is 73.2 Å². The molecule has 24 N–H and O–H groups in total. The number of aliphatic hydroxyl groups excluding tert-OH is 16. The van der Waals surface area contributed by atoms with E-state index in [1.807, 2.05) is 119 Å². The van der Waals surface area contributed by atoms with Gasteiger partial charge in [-0.2, -0.15) is 0 Å². The Hall–Kier alpha value is -8.99. The summed E-state index contributed by atoms with van der Waals surface area (Å²) < 4.78 is 37.6. The number of amides is 4. The molecule has 4 heterocycles. The molecule has 832 valence electrons. The molecule has 28 atom stereocenters. The molecule has 0 spiro atoms. The molecule has 4 aliphatic heterocycles. The SMILES string of the molecule is CO[C@H]1/C(C)=C/[C@H](C)[C@@H](O)[C@@H](CO)C[C@H](C)[C@@H](O)c2cc(cc(O)c2C)NC(=O)/C(C)=C/CC[C@@H]1CO.CO[C@H]1/C(C)=C/[C@H](C)[C@@H](O)[C@@H](CO)C[C@H](C)[C@@H](O)c2cc(cc(O)c2C)NC(=O)/C(C)=C/CC[C@@H]1CO.CO[C@H]1/C(C)=C/[C@H](C)[C@@H](O)[C@@H](CO)C[C@H](C)[C@@H](O)c2cc(cc(O)c2C)NC(=O)/C(C)=C/CC[C@@H]1CO.CO[C@H]1/C(C)=C/[C@H](C)[C@@H](O)[C@@H](CO)C[C@H](C)[C@@H](O)c2cc(cc(O)c2F)NC(=O)/C(C)=C/CC[C@@H]1CO. The average Bonchev–Trinajstić information content (AvgIpc) is 0.901. The molecule has 8 rings (SSSR count). The lowest BCUT2D eigenvalue weighted by molar-refractivity contribution is -0.113. The monoisotopic (exact) mass is 2080 g/mol. The van der Waals surface area contributed by atoms with Crippen molar-refractivity contribution in [3.63, 3.8) is 0 Å². The lowest BCUT2D eigenvalue weighted by Crippen LogP contribution is -2.33. The first-order valence-corrected chi connectivity index (χ1v) is 51.9. The number of hydrogen-bond acceptors (Lipinski definition) is 28. The second-order valence-electron chi connectivity index (χ2n) is 42.0. The number of phenolic OH excluding ortho intramolecular Hbond substituents is 4. The Morgan fingerprint density at radius 3 is 0.655 bits per heavy atom. The Labute approximate surface area is 875 Å². The predicted octanol–water partition coefficient (Wildman–Crippen LogP) is 14.3. The fourth-order valence-electron chi connectivity index (χ4n) is 21.0. The van der Waals surface area contributed by atoms with Crippen LogP contribution in [0.5, 0.6) is 23.0 Å². The molecule has 4 aromatic rings. The number of nitrogens with one attached hydrogen (secondary N) is 4. The molecule has 0 unspecified atom stereocenters. The summed E-state index contributed by atoms with van der Waals surface area (Å²) in [5.74, 6) is -9.23. The van der Waals surface area contributed by atoms with Crippen molar-refractivity contribution < 1.29 is 145 Å². The molecule has 4 amide bonds. The number of carbonyl (C=O) groups is 4. The summed E-state index contributed by atoms with van der Waals surface area (Å²) in [5, 5.41) is 222. The average molecular weight is 2080 g/mol. The van der Waals surface area contributed by atoms with Gasteiger partial charge in [0.2, 0.25) is 0 Å². The molecule has 0 saturated heterocycles. The van der Waals surface area contributed by atoms with E-state index in [2.05, 4.69) is 21.3 Å². The largest absolute Gasteiger partial charge is 0.508 e. The Morgan fingerprint density at radius 1 is 0.284 bits per heavy atom. The maximum Gasteiger partial charge on any atom is 0.250 e. The van der Waals surface area contributed by atoms with E-state index in [1.54, 1.807) is 108 Å². The minimum Gasteiger partial charge on any atom is -0.508 e. The summed E-state index contributed by atoms with van der Waals surface area (Å²) >= 11 is 0. The van der Waals surface area contributed by atoms with Crippen molar-refractivity contribution in [1.82, 2.24) is 0 Å². The maximum absolute atomic E-state index is 14.8. The van der Waals surface area contributed by atoms with Crippen LogP contribution in [0.15, 0.2) is 142 Å². The number of hydrogen-bond donors (Lipinski definition) is 24. The first-order valence-electron chi connectivity index (χ1n) is 51.9. The van der Waals surface area contributed by atoms with Crippen LogP contribution in [-0.4, -0.2) is 256 Å². The molecule has 0 saturated carbocycles. The van der Waals surface area contributed by atoms with E-state index in [-0.39, 0.29) is 189 Å². The third kappa shape index (κ3) is 36.6. The van der Waals surface area contributed by atoms with Crippen LogP contribution in [0.2, 0.25) is 0 Å². The molecule has 0 radical (unpaired) electrons. The number of aromatic hydroxyl groups is 4. The molecule has 4 aliphatic rings. The van der Waals surface area contributed by atoms with E-state index in [4.69, 9.17) is 18.9 Å². The molecule has 4 aromatic carbocycles. The molecule has 32 nitrogen and oxygen atoms in total. The maximum atomic E-state index is 14.8. The fourth-order valence-corrected chi connectivity index (χ4v) is 21.0. The van der Waals surface area contributed by atoms with E-state index in [1.165, 1.54) is 24.3 Å². The van der Waals surface area contributed by atoms with Gasteiger partial charge in [0.15, 0.2) is 11.6 Å². The molecular formula is C115H177FN4O28. The first kappa shape index (κ1) is 129. The number of allylic oxidation sites excluding steroid dienone is 4. The first-order chi connectivity index (χ1) is 69.8. The third-order valence-electron chi connectivity index (χ3n) is 30.5. The number of benzene rings is 4. The summed E-state index contributed by atoms with van der Waals surface area (Å²) in [4.78, 5) is 51.2. The van der Waals surface area contributed by atoms with E-state index in [0.29, 0.717) is 143 Å². The number of fused-ring (bicyclic) bond motifs is 8. The zero-order valence-corrected chi connectivity index (χ0v) is 91.1. The number of anilines is 4. The highest BCUT2D eigenvalue weighted by Gasteiger charge is 2.39. The molecule has 0 aromatic heterocycles. The smallest absolute Gasteiger partial charge is 0.250 e. The van der Waals surface area contributed by atoms with E-state index in [9.17, 15) is 126 Å². The van der Waals surface area contributed by atoms with Gasteiger partial charge >= 0.3 is 0 Å². The number of aliphatic hydroxyl groups is 16. The van der Waals surface area contributed by atoms with Crippen LogP contribution in [0.1, 0.15) is 251 Å². The standard InChI is InChI=1S/3C29H45NO7.C28H42FNO7/c3*1-16-8-7-9-21(14-31)28(37-6)19(4)10-17(2)26(34)22(15-32)11-18(3)27(35)24-12-23(30-29(16)36)13-25(33)20(24)5;1-15-7-6-8-19(13-31)27(37-5)18(4)9-16(2)25(34)20(14-32)10-17(3)26(35)22-11-21(30-28(15)36)12-23(33)24(22)29/h3*8,10,12-13,17-18,21-22,26-28,31-35H,7,9,11,14-15H2,1-6H3,(H,30,36);7,9,11-12,16-17,19-20,25-27,31-35H,6,8,10,13-14H2,1-5H3,(H,30,36)/b3*16-8+,19-10+;15-7+,18-9+/t3*17-,18-,21+,22+,26+,27+,28-;16-,17-,19+,20+,25+,26+,27-/m0000/s1. The summed E-state index contributed by atoms with van der Waals surface area (Å²) in [6, 6.07) is 11.7. The normalized spacial score (nSPS) is 33.7. The quantitative estimate of drug-likeness (QED) is 0.0586. The molecular weight excluding hydrogens is 1900 g/mol. The van der Waals surface area contributed by atoms with Crippen molar-refractivity contribution in [3.05, 3.63) is 186 Å². The molecule has 148 heavy (non-hydrogen) atoms. The van der Waals surface area contributed by atoms with Crippen molar-refractivity contribution in [1.29, 1.82) is 0 Å². The van der Waals surface area contributed by atoms with Crippen LogP contribution in [0, 0.1) is 121 Å². The second kappa shape index (κ2) is 62.9. The Balaban J connectivity index is 0.000000347. The van der Waals surface area contributed by atoms with Crippen LogP contribution in [-0.2, 0) is 38.1 Å². The highest BCUT2D eigenvalue weighted by atomic mass is 19.1. The molecule has 8 bridgehead atoms. The summed E-state index contributed by atoms with van der Waals surface area (Å²) in [5.41, 5.74) is 9.28. The van der Waals surface area contributed by atoms with Crippen molar-refractivity contribution in [2.75, 3.05) is 103 Å². The third-order valence-corrected chi connectivity index (χ3v) is 30.5. The van der Waals surface area contributed by atoms with Crippen LogP contribution in [0.25, 0.3) is 0 Å². The lowest BCUT2D eigenvalue weighted by Gasteiger charge is -2.31. The number of rotatable bonds is 12. The fraction of sp³-hybridized carbons (Fsp3) is 0.617. The zero-order chi connectivity index (χ0) is 111. The van der Waals surface area contributed by atoms with Crippen LogP contribution in [0.3, 0.4) is 0 Å². The zero-order valence-electron chi connectivity index (χ0n) is 91.1. The van der Waals surface area contributed by atoms with E-state index in [0.717, 1.165) is 28.4 Å². The van der Waals surface area contributed by atoms with Gasteiger partial charge < -0.3 is 142 Å². The number of phenols is 4. The van der Waals surface area contributed by atoms with Crippen molar-refractivity contribution in [2.24, 2.45) is 94.7 Å². The topological polar surface area (TPSA) is 558 Å². The number of methoxy groups -OCH3 is 4. The number of halogens is 1. The van der Waals surface area contributed by atoms with Gasteiger partial charge in [0, 0.05) is 227 Å². The summed E-state index contributed by atoms with van der Waals surface area (Å²) in [7, 11) is 6.31. The molecule has 0 aliphatic carbocycles. The minimum atomic E-state index is -1.36. The van der Waals surface area contributed by atoms with Crippen molar-refractivity contribution in [2.45, 2.75) is 282 Å². The highest BCUT2D eigenvalue weighted by Crippen LogP contribution is 2.44. The number of carbonyl (C=O) groups excluding carboxylic acids is 4. The van der Waals surface area contributed by atoms with Crippen molar-refractivity contribution in [3.8, 4) is 23.0 Å². The number of ether oxygens (including phenoxy) is 4. The molecule has 33 heteroatoms. The minimum absolute atomic E-state index is 0.0454. The van der Waals surface area contributed by atoms with Crippen molar-refractivity contribution >= 4 is 46.4 Å². The molecule has 0 fully saturated rings. The van der Waals surface area contributed by atoms with Gasteiger partial charge in [-0.25, -0.2) is 4.39 Å². The second-order valence-corrected chi connectivity index (χ2v) is 42.0. The lowest BCUT2D eigenvalue weighted by atomic mass is 9.81. The van der Waals surface area contributed by atoms with Crippen LogP contribution < -0.4 is 21.3 Å². The highest BCUT2D eigenvalue weighted by molar-refractivity contribution is 6.05. The van der Waals surface area contributed by atoms with Gasteiger partial charge in [-0.3, -0.25) is 19.2 Å². The Kier molecular flexibility index (Phi) is 55.0. The Bertz CT molecular complexity index is 4520. The van der Waals surface area contributed by atoms with Gasteiger partial charge in [-0.1, -0.05) is 104 Å². The van der Waals surface area contributed by atoms with Gasteiger partial charge in [-0.05, 0) is 257 Å². The summed E-state index contributed by atoms with van der Waals surface area (Å²) in [6.07, 6.45) is 10.9. The Morgan fingerprint density at radius 2 is 0.466 bits per heavy atom. The van der Waals surface area contributed by atoms with Gasteiger partial charge in [-0.15, -0.1) is 0 Å². The van der Waals surface area contributed by atoms with E-state index >= 15 is 0 Å². The summed E-state index contributed by atoms with van der Waals surface area (Å²) in [6.45, 7) is 32.4. The van der Waals surface area contributed by atoms with Gasteiger partial charge in [0.1, 0.15) is 17.2 Å². The van der Waals surface area contributed by atoms with Crippen LogP contribution >= 0.6 is 0 Å². The van der Waals surface area contributed by atoms with Gasteiger partial charge in [0.25, 0.3) is 23.6 Å². The van der Waals surface area contributed by atoms with E-state index < -0.39 is 102 Å². The van der Waals surface area contributed by atoms with Crippen LogP contribution in [0.4, 0.5) is 27.1 Å².